The molecule has 1 aliphatic rings. The Morgan fingerprint density at radius 3 is 2.29 bits per heavy atom. The summed E-state index contributed by atoms with van der Waals surface area (Å²) in [5.74, 6) is 0.594. The molecule has 0 amide bonds. The van der Waals surface area contributed by atoms with E-state index in [4.69, 9.17) is 4.84 Å². The predicted molar refractivity (Wildman–Crippen MR) is 62.6 cm³/mol. The van der Waals surface area contributed by atoms with Gasteiger partial charge < -0.3 is 4.84 Å². The van der Waals surface area contributed by atoms with Crippen molar-refractivity contribution in [2.45, 2.75) is 46.0 Å². The van der Waals surface area contributed by atoms with E-state index in [1.807, 2.05) is 19.9 Å². The molecule has 0 unspecified atom stereocenters. The highest BCUT2D eigenvalue weighted by atomic mass is 16.6. The smallest absolute Gasteiger partial charge is 0.106 e. The van der Waals surface area contributed by atoms with Gasteiger partial charge in [-0.05, 0) is 18.9 Å². The van der Waals surface area contributed by atoms with Gasteiger partial charge in [0, 0.05) is 5.92 Å². The summed E-state index contributed by atoms with van der Waals surface area (Å²) in [4.78, 5) is 4.76. The van der Waals surface area contributed by atoms with Gasteiger partial charge in [-0.25, -0.2) is 0 Å². The van der Waals surface area contributed by atoms with Crippen molar-refractivity contribution in [3.8, 4) is 0 Å². The average molecular weight is 197 g/mol. The van der Waals surface area contributed by atoms with Crippen LogP contribution in [0.25, 0.3) is 0 Å². The Morgan fingerprint density at radius 2 is 1.86 bits per heavy atom. The SMILES string of the molecule is C=C/C(=N\OC)C1CCCCC1.CC. The minimum atomic E-state index is 0.594. The van der Waals surface area contributed by atoms with Crippen molar-refractivity contribution in [2.24, 2.45) is 11.1 Å². The first-order valence-electron chi connectivity index (χ1n) is 5.62. The summed E-state index contributed by atoms with van der Waals surface area (Å²) in [5.41, 5.74) is 1.03. The van der Waals surface area contributed by atoms with Crippen LogP contribution < -0.4 is 0 Å². The maximum absolute atomic E-state index is 4.76. The lowest BCUT2D eigenvalue weighted by Gasteiger charge is -2.20. The molecule has 0 heterocycles. The second-order valence-electron chi connectivity index (χ2n) is 3.24. The van der Waals surface area contributed by atoms with Crippen LogP contribution in [0.5, 0.6) is 0 Å². The largest absolute Gasteiger partial charge is 0.399 e. The van der Waals surface area contributed by atoms with Gasteiger partial charge in [0.25, 0.3) is 0 Å². The minimum absolute atomic E-state index is 0.594. The lowest BCUT2D eigenvalue weighted by atomic mass is 9.86. The molecule has 82 valence electrons. The highest BCUT2D eigenvalue weighted by Crippen LogP contribution is 2.25. The van der Waals surface area contributed by atoms with E-state index >= 15 is 0 Å². The summed E-state index contributed by atoms with van der Waals surface area (Å²) in [7, 11) is 1.59. The fraction of sp³-hybridized carbons (Fsp3) is 0.750. The molecule has 1 aliphatic carbocycles. The van der Waals surface area contributed by atoms with Crippen molar-refractivity contribution < 1.29 is 4.84 Å². The fourth-order valence-corrected chi connectivity index (χ4v) is 1.78. The topological polar surface area (TPSA) is 21.6 Å². The Hall–Kier alpha value is -0.790. The average Bonchev–Trinajstić information content (AvgIpc) is 2.30. The number of nitrogens with zero attached hydrogens (tertiary/aromatic N) is 1. The van der Waals surface area contributed by atoms with Gasteiger partial charge in [0.05, 0.1) is 5.71 Å². The number of hydrogen-bond donors (Lipinski definition) is 0. The van der Waals surface area contributed by atoms with E-state index in [1.54, 1.807) is 7.11 Å². The summed E-state index contributed by atoms with van der Waals surface area (Å²) >= 11 is 0. The number of allylic oxidation sites excluding steroid dienone is 1. The van der Waals surface area contributed by atoms with Crippen molar-refractivity contribution in [1.82, 2.24) is 0 Å². The van der Waals surface area contributed by atoms with Crippen LogP contribution in [-0.2, 0) is 4.84 Å². The third-order valence-electron chi connectivity index (χ3n) is 2.43. The lowest BCUT2D eigenvalue weighted by molar-refractivity contribution is 0.210. The molecule has 0 atom stereocenters. The first-order valence-corrected chi connectivity index (χ1v) is 5.62. The molecule has 2 nitrogen and oxygen atoms in total. The second-order valence-corrected chi connectivity index (χ2v) is 3.24. The Labute approximate surface area is 88.0 Å². The zero-order valence-corrected chi connectivity index (χ0v) is 9.75. The van der Waals surface area contributed by atoms with Gasteiger partial charge in [-0.2, -0.15) is 0 Å². The molecule has 0 spiro atoms. The van der Waals surface area contributed by atoms with Gasteiger partial charge >= 0.3 is 0 Å². The Balaban J connectivity index is 0.000000791. The summed E-state index contributed by atoms with van der Waals surface area (Å²) in [6.07, 6.45) is 8.32. The van der Waals surface area contributed by atoms with E-state index in [1.165, 1.54) is 32.1 Å². The van der Waals surface area contributed by atoms with Gasteiger partial charge in [-0.3, -0.25) is 0 Å². The van der Waals surface area contributed by atoms with Crippen molar-refractivity contribution in [3.05, 3.63) is 12.7 Å². The van der Waals surface area contributed by atoms with Crippen LogP contribution in [0.15, 0.2) is 17.8 Å². The third kappa shape index (κ3) is 4.45. The van der Waals surface area contributed by atoms with Gasteiger partial charge in [0.1, 0.15) is 7.11 Å². The Morgan fingerprint density at radius 1 is 1.29 bits per heavy atom. The molecule has 0 aromatic heterocycles. The molecule has 14 heavy (non-hydrogen) atoms. The normalized spacial score (nSPS) is 18.1. The second kappa shape index (κ2) is 8.79. The van der Waals surface area contributed by atoms with Gasteiger partial charge in [-0.15, -0.1) is 0 Å². The van der Waals surface area contributed by atoms with E-state index in [9.17, 15) is 0 Å². The van der Waals surface area contributed by atoms with Crippen LogP contribution in [0.2, 0.25) is 0 Å². The highest BCUT2D eigenvalue weighted by Gasteiger charge is 2.17. The number of rotatable bonds is 3. The molecule has 0 radical (unpaired) electrons. The molecular formula is C12H23NO. The van der Waals surface area contributed by atoms with Crippen molar-refractivity contribution in [1.29, 1.82) is 0 Å². The van der Waals surface area contributed by atoms with Crippen LogP contribution in [-0.4, -0.2) is 12.8 Å². The van der Waals surface area contributed by atoms with Crippen LogP contribution in [0.1, 0.15) is 46.0 Å². The monoisotopic (exact) mass is 197 g/mol. The van der Waals surface area contributed by atoms with E-state index in [0.29, 0.717) is 5.92 Å². The predicted octanol–water partition coefficient (Wildman–Crippen LogP) is 3.78. The molecule has 1 fully saturated rings. The van der Waals surface area contributed by atoms with Gasteiger partial charge in [0.2, 0.25) is 0 Å². The first-order chi connectivity index (χ1) is 6.88. The molecule has 0 aliphatic heterocycles. The molecular weight excluding hydrogens is 174 g/mol. The van der Waals surface area contributed by atoms with Crippen molar-refractivity contribution in [2.75, 3.05) is 7.11 Å². The lowest BCUT2D eigenvalue weighted by Crippen LogP contribution is -2.15. The summed E-state index contributed by atoms with van der Waals surface area (Å²) in [6, 6.07) is 0. The molecule has 0 aromatic carbocycles. The maximum Gasteiger partial charge on any atom is 0.106 e. The van der Waals surface area contributed by atoms with E-state index < -0.39 is 0 Å². The van der Waals surface area contributed by atoms with Gasteiger partial charge in [-0.1, -0.05) is 44.8 Å². The van der Waals surface area contributed by atoms with Crippen LogP contribution >= 0.6 is 0 Å². The molecule has 0 saturated heterocycles. The first kappa shape index (κ1) is 13.2. The Kier molecular flexibility index (Phi) is 8.30. The fourth-order valence-electron chi connectivity index (χ4n) is 1.78. The van der Waals surface area contributed by atoms with E-state index in [2.05, 4.69) is 11.7 Å². The zero-order chi connectivity index (χ0) is 10.8. The summed E-state index contributed by atoms with van der Waals surface area (Å²) in [6.45, 7) is 7.74. The minimum Gasteiger partial charge on any atom is -0.399 e. The van der Waals surface area contributed by atoms with Crippen LogP contribution in [0, 0.1) is 5.92 Å². The van der Waals surface area contributed by atoms with E-state index in [0.717, 1.165) is 5.71 Å². The highest BCUT2D eigenvalue weighted by molar-refractivity contribution is 5.96. The summed E-state index contributed by atoms with van der Waals surface area (Å²) in [5, 5.41) is 3.96. The number of oxime groups is 1. The Bertz CT molecular complexity index is 169. The molecule has 1 rings (SSSR count). The van der Waals surface area contributed by atoms with Gasteiger partial charge in [0.15, 0.2) is 0 Å². The van der Waals surface area contributed by atoms with Crippen molar-refractivity contribution in [3.63, 3.8) is 0 Å². The van der Waals surface area contributed by atoms with E-state index in [-0.39, 0.29) is 0 Å². The molecule has 1 saturated carbocycles. The van der Waals surface area contributed by atoms with Crippen molar-refractivity contribution >= 4 is 5.71 Å². The maximum atomic E-state index is 4.76. The summed E-state index contributed by atoms with van der Waals surface area (Å²) < 4.78 is 0. The molecule has 2 heteroatoms. The third-order valence-corrected chi connectivity index (χ3v) is 2.43. The quantitative estimate of drug-likeness (QED) is 0.498. The molecule has 0 N–H and O–H groups in total. The number of hydrogen-bond acceptors (Lipinski definition) is 2. The molecule has 0 aromatic rings. The standard InChI is InChI=1S/C10H17NO.C2H6/c1-3-10(11-12-2)9-7-5-4-6-8-9;1-2/h3,9H,1,4-8H2,2H3;1-2H3/b11-10+;. The van der Waals surface area contributed by atoms with Crippen LogP contribution in [0.4, 0.5) is 0 Å². The zero-order valence-electron chi connectivity index (χ0n) is 9.75. The molecule has 0 bridgehead atoms. The van der Waals surface area contributed by atoms with Crippen LogP contribution in [0.3, 0.4) is 0 Å².